The Morgan fingerprint density at radius 1 is 0.857 bits per heavy atom. The van der Waals surface area contributed by atoms with Crippen LogP contribution in [0.25, 0.3) is 0 Å². The molecular weight excluding hydrogens is 442 g/mol. The molecule has 7 heteroatoms. The molecule has 5 rings (SSSR count). The second kappa shape index (κ2) is 10.0. The third-order valence-corrected chi connectivity index (χ3v) is 6.49. The average Bonchev–Trinajstić information content (AvgIpc) is 2.90. The minimum atomic E-state index is -0.480. The van der Waals surface area contributed by atoms with E-state index in [-0.39, 0.29) is 18.0 Å². The molecule has 2 aliphatic rings. The highest BCUT2D eigenvalue weighted by atomic mass is 16.6. The van der Waals surface area contributed by atoms with E-state index in [1.807, 2.05) is 30.3 Å². The molecule has 2 heterocycles. The molecule has 0 radical (unpaired) electrons. The molecule has 0 spiro atoms. The summed E-state index contributed by atoms with van der Waals surface area (Å²) in [4.78, 5) is 41.9. The fourth-order valence-electron chi connectivity index (χ4n) is 4.73. The lowest BCUT2D eigenvalue weighted by atomic mass is 9.98. The van der Waals surface area contributed by atoms with E-state index in [4.69, 9.17) is 4.74 Å². The third kappa shape index (κ3) is 4.89. The van der Waals surface area contributed by atoms with E-state index in [1.54, 1.807) is 58.3 Å². The molecule has 7 nitrogen and oxygen atoms in total. The zero-order valence-electron chi connectivity index (χ0n) is 19.4. The number of anilines is 2. The van der Waals surface area contributed by atoms with Gasteiger partial charge in [-0.15, -0.1) is 0 Å². The molecular formula is C28H27N3O4. The van der Waals surface area contributed by atoms with Crippen molar-refractivity contribution in [3.8, 4) is 5.75 Å². The van der Waals surface area contributed by atoms with Crippen molar-refractivity contribution in [2.45, 2.75) is 38.3 Å². The summed E-state index contributed by atoms with van der Waals surface area (Å²) in [5.74, 6) is 0.201. The number of piperidine rings is 1. The Balaban J connectivity index is 1.28. The monoisotopic (exact) mass is 469 g/mol. The molecule has 0 aromatic heterocycles. The number of nitrogens with one attached hydrogen (secondary N) is 1. The predicted molar refractivity (Wildman–Crippen MR) is 133 cm³/mol. The first-order valence-electron chi connectivity index (χ1n) is 11.9. The summed E-state index contributed by atoms with van der Waals surface area (Å²) < 4.78 is 5.68. The van der Waals surface area contributed by atoms with Gasteiger partial charge in [-0.1, -0.05) is 36.4 Å². The van der Waals surface area contributed by atoms with Crippen molar-refractivity contribution in [3.05, 3.63) is 90.0 Å². The van der Waals surface area contributed by atoms with Crippen LogP contribution >= 0.6 is 0 Å². The van der Waals surface area contributed by atoms with Gasteiger partial charge in [0.05, 0.1) is 0 Å². The zero-order valence-corrected chi connectivity index (χ0v) is 19.4. The van der Waals surface area contributed by atoms with Crippen LogP contribution in [0.15, 0.2) is 78.9 Å². The highest BCUT2D eigenvalue weighted by molar-refractivity contribution is 6.04. The van der Waals surface area contributed by atoms with Crippen molar-refractivity contribution in [2.24, 2.45) is 0 Å². The minimum absolute atomic E-state index is 0.0342. The average molecular weight is 470 g/mol. The van der Waals surface area contributed by atoms with Crippen LogP contribution in [-0.2, 0) is 11.2 Å². The first-order chi connectivity index (χ1) is 17.1. The molecule has 3 aromatic rings. The molecule has 178 valence electrons. The van der Waals surface area contributed by atoms with Gasteiger partial charge >= 0.3 is 6.09 Å². The van der Waals surface area contributed by atoms with E-state index in [0.29, 0.717) is 36.4 Å². The first-order valence-corrected chi connectivity index (χ1v) is 11.9. The molecule has 1 saturated heterocycles. The maximum atomic E-state index is 13.2. The number of aryl methyl sites for hydroxylation is 1. The quantitative estimate of drug-likeness (QED) is 0.568. The van der Waals surface area contributed by atoms with Gasteiger partial charge in [0.25, 0.3) is 5.91 Å². The van der Waals surface area contributed by atoms with Crippen LogP contribution in [0.2, 0.25) is 0 Å². The first kappa shape index (κ1) is 22.7. The smallest absolute Gasteiger partial charge is 0.410 e. The summed E-state index contributed by atoms with van der Waals surface area (Å²) in [7, 11) is 0. The van der Waals surface area contributed by atoms with Gasteiger partial charge in [-0.3, -0.25) is 19.4 Å². The predicted octanol–water partition coefficient (Wildman–Crippen LogP) is 5.23. The second-order valence-corrected chi connectivity index (χ2v) is 8.77. The Hall–Kier alpha value is -4.13. The zero-order chi connectivity index (χ0) is 24.2. The van der Waals surface area contributed by atoms with Gasteiger partial charge in [-0.25, -0.2) is 4.79 Å². The van der Waals surface area contributed by atoms with Gasteiger partial charge in [0.1, 0.15) is 11.9 Å². The summed E-state index contributed by atoms with van der Waals surface area (Å²) >= 11 is 0. The summed E-state index contributed by atoms with van der Waals surface area (Å²) in [6, 6.07) is 23.5. The van der Waals surface area contributed by atoms with Gasteiger partial charge in [-0.2, -0.15) is 0 Å². The summed E-state index contributed by atoms with van der Waals surface area (Å²) in [6.45, 7) is 0.528. The van der Waals surface area contributed by atoms with Crippen LogP contribution in [0.5, 0.6) is 5.75 Å². The third-order valence-electron chi connectivity index (χ3n) is 6.49. The molecule has 1 atom stereocenters. The van der Waals surface area contributed by atoms with Crippen LogP contribution in [-0.4, -0.2) is 35.5 Å². The number of rotatable bonds is 4. The summed E-state index contributed by atoms with van der Waals surface area (Å²) in [5, 5.41) is 2.83. The Morgan fingerprint density at radius 3 is 2.40 bits per heavy atom. The van der Waals surface area contributed by atoms with Crippen molar-refractivity contribution >= 4 is 29.3 Å². The Morgan fingerprint density at radius 2 is 1.60 bits per heavy atom. The lowest BCUT2D eigenvalue weighted by molar-refractivity contribution is -0.120. The lowest BCUT2D eigenvalue weighted by Crippen LogP contribution is -2.57. The molecule has 0 bridgehead atoms. The Kier molecular flexibility index (Phi) is 6.48. The molecule has 0 aliphatic carbocycles. The number of benzene rings is 3. The van der Waals surface area contributed by atoms with Crippen molar-refractivity contribution in [3.63, 3.8) is 0 Å². The van der Waals surface area contributed by atoms with Gasteiger partial charge in [0, 0.05) is 29.9 Å². The van der Waals surface area contributed by atoms with Crippen LogP contribution in [0.4, 0.5) is 16.2 Å². The fourth-order valence-corrected chi connectivity index (χ4v) is 4.73. The van der Waals surface area contributed by atoms with Crippen LogP contribution < -0.4 is 15.0 Å². The molecule has 3 aromatic carbocycles. The SMILES string of the molecule is O=C(Nc1ccc(OC(=O)N2CCCCC2N2C(=O)CCc3ccccc32)cc1)c1ccccc1. The molecule has 2 aliphatic heterocycles. The number of nitrogens with zero attached hydrogens (tertiary/aromatic N) is 2. The molecule has 1 unspecified atom stereocenters. The standard InChI is InChI=1S/C28H27N3O4/c32-26-18-13-20-8-4-5-11-24(20)31(26)25-12-6-7-19-30(25)28(34)35-23-16-14-22(15-17-23)29-27(33)21-9-2-1-3-10-21/h1-5,8-11,14-17,25H,6-7,12-13,18-19H2,(H,29,33). The molecule has 3 amide bonds. The van der Waals surface area contributed by atoms with Crippen LogP contribution in [0, 0.1) is 0 Å². The number of hydrogen-bond acceptors (Lipinski definition) is 4. The highest BCUT2D eigenvalue weighted by Crippen LogP contribution is 2.33. The van der Waals surface area contributed by atoms with E-state index >= 15 is 0 Å². The van der Waals surface area contributed by atoms with E-state index in [2.05, 4.69) is 5.32 Å². The summed E-state index contributed by atoms with van der Waals surface area (Å²) in [5.41, 5.74) is 3.17. The number of hydrogen-bond donors (Lipinski definition) is 1. The maximum absolute atomic E-state index is 13.2. The second-order valence-electron chi connectivity index (χ2n) is 8.77. The van der Waals surface area contributed by atoms with E-state index < -0.39 is 6.09 Å². The van der Waals surface area contributed by atoms with Crippen LogP contribution in [0.3, 0.4) is 0 Å². The molecule has 1 N–H and O–H groups in total. The number of carbonyl (C=O) groups excluding carboxylic acids is 3. The van der Waals surface area contributed by atoms with Crippen molar-refractivity contribution < 1.29 is 19.1 Å². The van der Waals surface area contributed by atoms with Gasteiger partial charge in [-0.05, 0) is 73.7 Å². The highest BCUT2D eigenvalue weighted by Gasteiger charge is 2.38. The van der Waals surface area contributed by atoms with Crippen molar-refractivity contribution in [1.29, 1.82) is 0 Å². The fraction of sp³-hybridized carbons (Fsp3) is 0.250. The molecule has 35 heavy (non-hydrogen) atoms. The van der Waals surface area contributed by atoms with Gasteiger partial charge < -0.3 is 10.1 Å². The Labute approximate surface area is 204 Å². The van der Waals surface area contributed by atoms with E-state index in [0.717, 1.165) is 30.5 Å². The lowest BCUT2D eigenvalue weighted by Gasteiger charge is -2.43. The number of carbonyl (C=O) groups is 3. The Bertz CT molecular complexity index is 1230. The topological polar surface area (TPSA) is 79.0 Å². The number of amides is 3. The van der Waals surface area contributed by atoms with Crippen molar-refractivity contribution in [2.75, 3.05) is 16.8 Å². The normalized spacial score (nSPS) is 17.5. The molecule has 1 fully saturated rings. The minimum Gasteiger partial charge on any atom is -0.410 e. The van der Waals surface area contributed by atoms with E-state index in [1.165, 1.54) is 0 Å². The largest absolute Gasteiger partial charge is 0.416 e. The van der Waals surface area contributed by atoms with Crippen LogP contribution in [0.1, 0.15) is 41.6 Å². The number of ether oxygens (including phenoxy) is 1. The van der Waals surface area contributed by atoms with E-state index in [9.17, 15) is 14.4 Å². The van der Waals surface area contributed by atoms with Crippen molar-refractivity contribution in [1.82, 2.24) is 4.90 Å². The number of likely N-dealkylation sites (tertiary alicyclic amines) is 1. The number of para-hydroxylation sites is 1. The van der Waals surface area contributed by atoms with Gasteiger partial charge in [0.15, 0.2) is 0 Å². The summed E-state index contributed by atoms with van der Waals surface area (Å²) in [6.07, 6.45) is 2.82. The maximum Gasteiger partial charge on any atom is 0.416 e. The number of fused-ring (bicyclic) bond motifs is 1. The van der Waals surface area contributed by atoms with Gasteiger partial charge in [0.2, 0.25) is 5.91 Å². The molecule has 0 saturated carbocycles.